The number of carbonyl (C=O) groups excluding carboxylic acids is 1. The van der Waals surface area contributed by atoms with E-state index in [1.807, 2.05) is 35.2 Å². The molecule has 1 amide bonds. The van der Waals surface area contributed by atoms with Crippen molar-refractivity contribution in [3.05, 3.63) is 77.7 Å². The van der Waals surface area contributed by atoms with Gasteiger partial charge in [0, 0.05) is 24.6 Å². The largest absolute Gasteiger partial charge is 0.481 e. The molecule has 144 valence electrons. The van der Waals surface area contributed by atoms with Crippen LogP contribution in [0, 0.1) is 5.82 Å². The summed E-state index contributed by atoms with van der Waals surface area (Å²) in [5, 5.41) is 4.04. The second-order valence-corrected chi connectivity index (χ2v) is 6.72. The number of amides is 1. The highest BCUT2D eigenvalue weighted by atomic mass is 19.1. The molecule has 0 spiro atoms. The summed E-state index contributed by atoms with van der Waals surface area (Å²) in [6.45, 7) is 1.25. The number of aromatic nitrogens is 2. The van der Waals surface area contributed by atoms with Gasteiger partial charge in [-0.25, -0.2) is 4.39 Å². The zero-order valence-electron chi connectivity index (χ0n) is 15.3. The first-order chi connectivity index (χ1) is 13.7. The monoisotopic (exact) mass is 381 g/mol. The molecule has 1 atom stereocenters. The van der Waals surface area contributed by atoms with Gasteiger partial charge in [0.1, 0.15) is 0 Å². The number of hydrogen-bond acceptors (Lipinski definition) is 5. The summed E-state index contributed by atoms with van der Waals surface area (Å²) in [5.41, 5.74) is 0.676. The Balaban J connectivity index is 1.39. The van der Waals surface area contributed by atoms with Crippen LogP contribution in [-0.4, -0.2) is 34.0 Å². The second-order valence-electron chi connectivity index (χ2n) is 6.72. The molecule has 0 radical (unpaired) electrons. The third kappa shape index (κ3) is 4.03. The first-order valence-corrected chi connectivity index (χ1v) is 9.25. The molecule has 4 rings (SSSR count). The molecule has 1 fully saturated rings. The predicted octanol–water partition coefficient (Wildman–Crippen LogP) is 3.81. The van der Waals surface area contributed by atoms with E-state index in [4.69, 9.17) is 9.26 Å². The molecule has 1 aliphatic heterocycles. The maximum atomic E-state index is 13.6. The highest BCUT2D eigenvalue weighted by Crippen LogP contribution is 2.26. The smallest absolute Gasteiger partial charge is 0.264 e. The van der Waals surface area contributed by atoms with E-state index < -0.39 is 5.82 Å². The lowest BCUT2D eigenvalue weighted by Crippen LogP contribution is -2.39. The quantitative estimate of drug-likeness (QED) is 0.672. The lowest BCUT2D eigenvalue weighted by atomic mass is 9.96. The van der Waals surface area contributed by atoms with Crippen LogP contribution in [-0.2, 0) is 6.61 Å². The van der Waals surface area contributed by atoms with Gasteiger partial charge in [-0.2, -0.15) is 4.98 Å². The molecule has 0 bridgehead atoms. The van der Waals surface area contributed by atoms with Gasteiger partial charge >= 0.3 is 0 Å². The molecular weight excluding hydrogens is 361 g/mol. The molecule has 0 aliphatic carbocycles. The van der Waals surface area contributed by atoms with Crippen molar-refractivity contribution < 1.29 is 18.4 Å². The summed E-state index contributed by atoms with van der Waals surface area (Å²) in [7, 11) is 0. The van der Waals surface area contributed by atoms with Crippen LogP contribution in [0.5, 0.6) is 5.75 Å². The van der Waals surface area contributed by atoms with Gasteiger partial charge < -0.3 is 14.2 Å². The van der Waals surface area contributed by atoms with E-state index in [1.165, 1.54) is 6.07 Å². The highest BCUT2D eigenvalue weighted by Gasteiger charge is 2.28. The first-order valence-electron chi connectivity index (χ1n) is 9.25. The number of benzene rings is 2. The van der Waals surface area contributed by atoms with Crippen molar-refractivity contribution in [3.63, 3.8) is 0 Å². The number of nitrogens with zero attached hydrogens (tertiary/aromatic N) is 3. The van der Waals surface area contributed by atoms with Gasteiger partial charge in [0.05, 0.1) is 0 Å². The van der Waals surface area contributed by atoms with Crippen LogP contribution in [0.3, 0.4) is 0 Å². The van der Waals surface area contributed by atoms with Crippen LogP contribution in [0.25, 0.3) is 0 Å². The number of carbonyl (C=O) groups is 1. The van der Waals surface area contributed by atoms with E-state index >= 15 is 0 Å². The van der Waals surface area contributed by atoms with Crippen LogP contribution >= 0.6 is 0 Å². The molecular formula is C21H20FN3O3. The number of likely N-dealkylation sites (tertiary alicyclic amines) is 1. The van der Waals surface area contributed by atoms with Crippen molar-refractivity contribution in [1.82, 2.24) is 15.0 Å². The minimum atomic E-state index is -0.440. The Hall–Kier alpha value is -3.22. The molecule has 1 unspecified atom stereocenters. The van der Waals surface area contributed by atoms with E-state index in [0.29, 0.717) is 24.5 Å². The molecule has 1 aromatic heterocycles. The van der Waals surface area contributed by atoms with Crippen LogP contribution in [0.2, 0.25) is 0 Å². The zero-order chi connectivity index (χ0) is 19.3. The van der Waals surface area contributed by atoms with E-state index in [-0.39, 0.29) is 30.1 Å². The Morgan fingerprint density at radius 3 is 2.79 bits per heavy atom. The average molecular weight is 381 g/mol. The molecule has 1 saturated heterocycles. The lowest BCUT2D eigenvalue weighted by molar-refractivity contribution is 0.0703. The Labute approximate surface area is 161 Å². The number of piperidine rings is 1. The van der Waals surface area contributed by atoms with Crippen molar-refractivity contribution in [2.45, 2.75) is 25.4 Å². The molecule has 28 heavy (non-hydrogen) atoms. The standard InChI is InChI=1S/C21H20FN3O3/c22-17-10-4-5-11-18(17)27-14-19-23-20(24-28-19)16-9-6-12-25(13-16)21(26)15-7-2-1-3-8-15/h1-5,7-8,10-11,16H,6,9,12-14H2. The topological polar surface area (TPSA) is 68.5 Å². The normalized spacial score (nSPS) is 16.8. The maximum absolute atomic E-state index is 13.6. The van der Waals surface area contributed by atoms with E-state index in [2.05, 4.69) is 10.1 Å². The average Bonchev–Trinajstić information content (AvgIpc) is 3.22. The Morgan fingerprint density at radius 2 is 1.96 bits per heavy atom. The Bertz CT molecular complexity index is 945. The van der Waals surface area contributed by atoms with Gasteiger partial charge in [-0.1, -0.05) is 35.5 Å². The fourth-order valence-electron chi connectivity index (χ4n) is 3.33. The second kappa shape index (κ2) is 8.21. The third-order valence-corrected chi connectivity index (χ3v) is 4.77. The predicted molar refractivity (Wildman–Crippen MR) is 99.4 cm³/mol. The van der Waals surface area contributed by atoms with E-state index in [9.17, 15) is 9.18 Å². The van der Waals surface area contributed by atoms with Crippen LogP contribution < -0.4 is 4.74 Å². The third-order valence-electron chi connectivity index (χ3n) is 4.77. The number of ether oxygens (including phenoxy) is 1. The van der Waals surface area contributed by atoms with Gasteiger partial charge in [-0.05, 0) is 37.1 Å². The number of halogens is 1. The van der Waals surface area contributed by atoms with Crippen molar-refractivity contribution in [2.24, 2.45) is 0 Å². The molecule has 6 nitrogen and oxygen atoms in total. The van der Waals surface area contributed by atoms with Gasteiger partial charge in [-0.15, -0.1) is 0 Å². The molecule has 0 saturated carbocycles. The van der Waals surface area contributed by atoms with Crippen LogP contribution in [0.4, 0.5) is 4.39 Å². The lowest BCUT2D eigenvalue weighted by Gasteiger charge is -2.31. The Morgan fingerprint density at radius 1 is 1.18 bits per heavy atom. The number of para-hydroxylation sites is 1. The number of hydrogen-bond donors (Lipinski definition) is 0. The summed E-state index contributed by atoms with van der Waals surface area (Å²) in [5.74, 6) is 0.552. The fraction of sp³-hybridized carbons (Fsp3) is 0.286. The summed E-state index contributed by atoms with van der Waals surface area (Å²) in [4.78, 5) is 18.9. The molecule has 3 aromatic rings. The number of rotatable bonds is 5. The van der Waals surface area contributed by atoms with Gasteiger partial charge in [0.25, 0.3) is 11.8 Å². The first kappa shape index (κ1) is 18.2. The van der Waals surface area contributed by atoms with Crippen LogP contribution in [0.15, 0.2) is 59.1 Å². The van der Waals surface area contributed by atoms with Crippen molar-refractivity contribution in [1.29, 1.82) is 0 Å². The zero-order valence-corrected chi connectivity index (χ0v) is 15.3. The van der Waals surface area contributed by atoms with Crippen molar-refractivity contribution in [2.75, 3.05) is 13.1 Å². The summed E-state index contributed by atoms with van der Waals surface area (Å²) in [6, 6.07) is 15.4. The summed E-state index contributed by atoms with van der Waals surface area (Å²) >= 11 is 0. The molecule has 7 heteroatoms. The molecule has 1 aliphatic rings. The Kier molecular flexibility index (Phi) is 5.32. The highest BCUT2D eigenvalue weighted by molar-refractivity contribution is 5.94. The van der Waals surface area contributed by atoms with E-state index in [0.717, 1.165) is 12.8 Å². The van der Waals surface area contributed by atoms with Crippen molar-refractivity contribution in [3.8, 4) is 5.75 Å². The minimum Gasteiger partial charge on any atom is -0.481 e. The maximum Gasteiger partial charge on any atom is 0.264 e. The van der Waals surface area contributed by atoms with Gasteiger partial charge in [0.2, 0.25) is 0 Å². The van der Waals surface area contributed by atoms with Gasteiger partial charge in [0.15, 0.2) is 24.0 Å². The van der Waals surface area contributed by atoms with E-state index in [1.54, 1.807) is 18.2 Å². The van der Waals surface area contributed by atoms with Gasteiger partial charge in [-0.3, -0.25) is 4.79 Å². The summed E-state index contributed by atoms with van der Waals surface area (Å²) in [6.07, 6.45) is 1.75. The molecule has 2 aromatic carbocycles. The van der Waals surface area contributed by atoms with Crippen LogP contribution in [0.1, 0.15) is 40.8 Å². The fourth-order valence-corrected chi connectivity index (χ4v) is 3.33. The van der Waals surface area contributed by atoms with Crippen molar-refractivity contribution >= 4 is 5.91 Å². The minimum absolute atomic E-state index is 0.00663. The molecule has 0 N–H and O–H groups in total. The summed E-state index contributed by atoms with van der Waals surface area (Å²) < 4.78 is 24.3. The molecule has 2 heterocycles. The SMILES string of the molecule is O=C(c1ccccc1)N1CCCC(c2noc(COc3ccccc3F)n2)C1.